The van der Waals surface area contributed by atoms with E-state index in [9.17, 15) is 4.79 Å². The van der Waals surface area contributed by atoms with Crippen molar-refractivity contribution >= 4 is 11.7 Å². The zero-order valence-corrected chi connectivity index (χ0v) is 19.4. The third-order valence-corrected chi connectivity index (χ3v) is 6.12. The highest BCUT2D eigenvalue weighted by Crippen LogP contribution is 2.33. The lowest BCUT2D eigenvalue weighted by atomic mass is 10.1. The molecule has 4 aromatic rings. The van der Waals surface area contributed by atoms with E-state index in [1.165, 1.54) is 0 Å². The molecule has 0 aliphatic heterocycles. The molecule has 5 rings (SSSR count). The van der Waals surface area contributed by atoms with Crippen molar-refractivity contribution in [1.82, 2.24) is 14.9 Å². The van der Waals surface area contributed by atoms with E-state index in [4.69, 9.17) is 19.1 Å². The average Bonchev–Trinajstić information content (AvgIpc) is 3.54. The molecule has 0 spiro atoms. The van der Waals surface area contributed by atoms with Crippen molar-refractivity contribution in [3.8, 4) is 17.2 Å². The Bertz CT molecular complexity index is 1320. The first-order chi connectivity index (χ1) is 16.5. The fourth-order valence-corrected chi connectivity index (χ4v) is 4.24. The third-order valence-electron chi connectivity index (χ3n) is 6.12. The van der Waals surface area contributed by atoms with Crippen LogP contribution in [0.25, 0.3) is 5.69 Å². The molecule has 0 saturated heterocycles. The number of nitrogens with zero attached hydrogens (tertiary/aromatic N) is 3. The summed E-state index contributed by atoms with van der Waals surface area (Å²) in [6.07, 6.45) is 2.86. The van der Waals surface area contributed by atoms with Crippen molar-refractivity contribution < 1.29 is 18.8 Å². The minimum Gasteiger partial charge on any atom is -0.493 e. The second kappa shape index (κ2) is 9.05. The van der Waals surface area contributed by atoms with E-state index >= 15 is 0 Å². The monoisotopic (exact) mass is 458 g/mol. The molecule has 1 N–H and O–H groups in total. The van der Waals surface area contributed by atoms with Crippen LogP contribution in [0.2, 0.25) is 0 Å². The first kappa shape index (κ1) is 21.8. The van der Waals surface area contributed by atoms with Crippen LogP contribution in [0.15, 0.2) is 53.1 Å². The normalized spacial score (nSPS) is 12.4. The van der Waals surface area contributed by atoms with Gasteiger partial charge in [0.1, 0.15) is 18.2 Å². The van der Waals surface area contributed by atoms with Crippen LogP contribution in [0.1, 0.15) is 45.1 Å². The second-order valence-corrected chi connectivity index (χ2v) is 8.29. The molecule has 1 aliphatic rings. The van der Waals surface area contributed by atoms with E-state index < -0.39 is 0 Å². The quantitative estimate of drug-likeness (QED) is 0.428. The summed E-state index contributed by atoms with van der Waals surface area (Å²) >= 11 is 0. The molecule has 2 aromatic carbocycles. The SMILES string of the molecule is COc1cc(C(=O)Nc2c3c(nn2-c2ccccc2)CCC3)ccc1OCc1c(C)noc1C. The smallest absolute Gasteiger partial charge is 0.256 e. The minimum absolute atomic E-state index is 0.234. The Balaban J connectivity index is 1.39. The number of nitrogens with one attached hydrogen (secondary N) is 1. The first-order valence-electron chi connectivity index (χ1n) is 11.2. The van der Waals surface area contributed by atoms with Gasteiger partial charge in [-0.2, -0.15) is 5.10 Å². The lowest BCUT2D eigenvalue weighted by Gasteiger charge is -2.14. The van der Waals surface area contributed by atoms with Gasteiger partial charge in [-0.1, -0.05) is 23.4 Å². The maximum atomic E-state index is 13.2. The number of carbonyl (C=O) groups is 1. The summed E-state index contributed by atoms with van der Waals surface area (Å²) in [7, 11) is 1.55. The van der Waals surface area contributed by atoms with Gasteiger partial charge in [0.2, 0.25) is 0 Å². The summed E-state index contributed by atoms with van der Waals surface area (Å²) in [5.41, 5.74) is 5.20. The number of aromatic nitrogens is 3. The molecule has 0 unspecified atom stereocenters. The number of ether oxygens (including phenoxy) is 2. The number of para-hydroxylation sites is 1. The Hall–Kier alpha value is -4.07. The molecule has 0 saturated carbocycles. The zero-order chi connectivity index (χ0) is 23.7. The van der Waals surface area contributed by atoms with Gasteiger partial charge in [0.05, 0.1) is 29.7 Å². The maximum Gasteiger partial charge on any atom is 0.256 e. The van der Waals surface area contributed by atoms with Crippen LogP contribution >= 0.6 is 0 Å². The molecule has 2 aromatic heterocycles. The molecule has 0 radical (unpaired) electrons. The van der Waals surface area contributed by atoms with Crippen LogP contribution in [0.5, 0.6) is 11.5 Å². The highest BCUT2D eigenvalue weighted by atomic mass is 16.5. The van der Waals surface area contributed by atoms with Crippen molar-refractivity contribution in [3.63, 3.8) is 0 Å². The molecule has 2 heterocycles. The van der Waals surface area contributed by atoms with E-state index in [1.807, 2.05) is 48.9 Å². The average molecular weight is 459 g/mol. The van der Waals surface area contributed by atoms with Gasteiger partial charge in [-0.05, 0) is 63.4 Å². The van der Waals surface area contributed by atoms with E-state index in [2.05, 4.69) is 10.5 Å². The van der Waals surface area contributed by atoms with E-state index in [0.29, 0.717) is 23.7 Å². The van der Waals surface area contributed by atoms with E-state index in [-0.39, 0.29) is 5.91 Å². The number of hydrogen-bond acceptors (Lipinski definition) is 6. The fourth-order valence-electron chi connectivity index (χ4n) is 4.24. The highest BCUT2D eigenvalue weighted by Gasteiger charge is 2.25. The Morgan fingerprint density at radius 2 is 1.94 bits per heavy atom. The van der Waals surface area contributed by atoms with Gasteiger partial charge in [-0.15, -0.1) is 0 Å². The molecular weight excluding hydrogens is 432 g/mol. The van der Waals surface area contributed by atoms with E-state index in [0.717, 1.165) is 59.0 Å². The van der Waals surface area contributed by atoms with Crippen LogP contribution < -0.4 is 14.8 Å². The van der Waals surface area contributed by atoms with Gasteiger partial charge in [0, 0.05) is 11.1 Å². The molecule has 34 heavy (non-hydrogen) atoms. The zero-order valence-electron chi connectivity index (χ0n) is 19.4. The first-order valence-corrected chi connectivity index (χ1v) is 11.2. The summed E-state index contributed by atoms with van der Waals surface area (Å²) < 4.78 is 18.5. The van der Waals surface area contributed by atoms with Crippen molar-refractivity contribution in [2.75, 3.05) is 12.4 Å². The number of aryl methyl sites for hydroxylation is 3. The molecule has 174 valence electrons. The predicted octanol–water partition coefficient (Wildman–Crippen LogP) is 4.81. The van der Waals surface area contributed by atoms with Crippen LogP contribution in [0.4, 0.5) is 5.82 Å². The third kappa shape index (κ3) is 4.03. The van der Waals surface area contributed by atoms with Crippen LogP contribution in [-0.2, 0) is 19.4 Å². The maximum absolute atomic E-state index is 13.2. The highest BCUT2D eigenvalue weighted by molar-refractivity contribution is 6.04. The van der Waals surface area contributed by atoms with Crippen LogP contribution in [-0.4, -0.2) is 28.0 Å². The number of carbonyl (C=O) groups excluding carboxylic acids is 1. The van der Waals surface area contributed by atoms with E-state index in [1.54, 1.807) is 25.3 Å². The largest absolute Gasteiger partial charge is 0.493 e. The number of benzene rings is 2. The number of anilines is 1. The number of rotatable bonds is 7. The summed E-state index contributed by atoms with van der Waals surface area (Å²) in [4.78, 5) is 13.2. The van der Waals surface area contributed by atoms with Gasteiger partial charge in [-0.3, -0.25) is 4.79 Å². The second-order valence-electron chi connectivity index (χ2n) is 8.29. The lowest BCUT2D eigenvalue weighted by molar-refractivity contribution is 0.102. The molecule has 0 fully saturated rings. The van der Waals surface area contributed by atoms with Gasteiger partial charge >= 0.3 is 0 Å². The Morgan fingerprint density at radius 3 is 2.68 bits per heavy atom. The number of fused-ring (bicyclic) bond motifs is 1. The summed E-state index contributed by atoms with van der Waals surface area (Å²) in [6.45, 7) is 4.02. The van der Waals surface area contributed by atoms with Crippen molar-refractivity contribution in [1.29, 1.82) is 0 Å². The molecule has 8 nitrogen and oxygen atoms in total. The predicted molar refractivity (Wildman–Crippen MR) is 127 cm³/mol. The van der Waals surface area contributed by atoms with Crippen molar-refractivity contribution in [3.05, 3.63) is 82.4 Å². The molecule has 0 bridgehead atoms. The number of methoxy groups -OCH3 is 1. The molecule has 0 atom stereocenters. The minimum atomic E-state index is -0.234. The molecule has 1 amide bonds. The molecule has 1 aliphatic carbocycles. The molecule has 8 heteroatoms. The fraction of sp³-hybridized carbons (Fsp3) is 0.269. The van der Waals surface area contributed by atoms with Gasteiger partial charge in [0.15, 0.2) is 11.5 Å². The number of hydrogen-bond donors (Lipinski definition) is 1. The van der Waals surface area contributed by atoms with Crippen LogP contribution in [0.3, 0.4) is 0 Å². The van der Waals surface area contributed by atoms with Crippen molar-refractivity contribution in [2.45, 2.75) is 39.7 Å². The lowest BCUT2D eigenvalue weighted by Crippen LogP contribution is -2.16. The van der Waals surface area contributed by atoms with Crippen molar-refractivity contribution in [2.24, 2.45) is 0 Å². The standard InChI is InChI=1S/C26H26N4O4/c1-16-21(17(2)34-29-16)15-33-23-13-12-18(14-24(23)32-3)26(31)27-25-20-10-7-11-22(20)28-30(25)19-8-5-4-6-9-19/h4-6,8-9,12-14H,7,10-11,15H2,1-3H3,(H,27,31). The van der Waals surface area contributed by atoms with Gasteiger partial charge in [-0.25, -0.2) is 4.68 Å². The topological polar surface area (TPSA) is 91.4 Å². The van der Waals surface area contributed by atoms with Crippen LogP contribution in [0, 0.1) is 13.8 Å². The Morgan fingerprint density at radius 1 is 1.12 bits per heavy atom. The summed E-state index contributed by atoms with van der Waals surface area (Å²) in [5, 5.41) is 11.8. The van der Waals surface area contributed by atoms with Gasteiger partial charge in [0.25, 0.3) is 5.91 Å². The van der Waals surface area contributed by atoms with Gasteiger partial charge < -0.3 is 19.3 Å². The molecular formula is C26H26N4O4. The summed E-state index contributed by atoms with van der Waals surface area (Å²) in [5.74, 6) is 2.22. The Labute approximate surface area is 197 Å². The number of amides is 1. The Kier molecular flexibility index (Phi) is 5.79. The summed E-state index contributed by atoms with van der Waals surface area (Å²) in [6, 6.07) is 15.0.